The number of carbonyl (C=O) groups is 1. The molecule has 0 radical (unpaired) electrons. The Morgan fingerprint density at radius 2 is 1.86 bits per heavy atom. The second-order valence-corrected chi connectivity index (χ2v) is 6.71. The first-order chi connectivity index (χ1) is 10.6. The van der Waals surface area contributed by atoms with Crippen molar-refractivity contribution >= 4 is 17.2 Å². The zero-order valence-corrected chi connectivity index (χ0v) is 14.0. The first-order valence-corrected chi connectivity index (χ1v) is 8.62. The molecule has 0 aliphatic rings. The van der Waals surface area contributed by atoms with Crippen LogP contribution in [0.25, 0.3) is 0 Å². The number of thiophene rings is 1. The summed E-state index contributed by atoms with van der Waals surface area (Å²) in [5.41, 5.74) is 7.91. The van der Waals surface area contributed by atoms with Gasteiger partial charge in [0.1, 0.15) is 0 Å². The average Bonchev–Trinajstić information content (AvgIpc) is 3.05. The van der Waals surface area contributed by atoms with Gasteiger partial charge in [0.2, 0.25) is 5.91 Å². The third-order valence-corrected chi connectivity index (χ3v) is 4.61. The summed E-state index contributed by atoms with van der Waals surface area (Å²) >= 11 is 1.66. The molecule has 4 heteroatoms. The van der Waals surface area contributed by atoms with Gasteiger partial charge < -0.3 is 11.1 Å². The summed E-state index contributed by atoms with van der Waals surface area (Å²) in [4.78, 5) is 13.2. The first kappa shape index (κ1) is 16.7. The van der Waals surface area contributed by atoms with E-state index in [9.17, 15) is 4.79 Å². The zero-order chi connectivity index (χ0) is 15.9. The van der Waals surface area contributed by atoms with Crippen LogP contribution < -0.4 is 11.1 Å². The van der Waals surface area contributed by atoms with Crippen molar-refractivity contribution in [1.29, 1.82) is 0 Å². The molecule has 0 aliphatic heterocycles. The van der Waals surface area contributed by atoms with Crippen molar-refractivity contribution in [2.75, 3.05) is 6.54 Å². The van der Waals surface area contributed by atoms with Gasteiger partial charge in [0.25, 0.3) is 0 Å². The lowest BCUT2D eigenvalue weighted by Gasteiger charge is -2.19. The Balaban J connectivity index is 2.19. The van der Waals surface area contributed by atoms with Gasteiger partial charge in [-0.15, -0.1) is 11.3 Å². The van der Waals surface area contributed by atoms with Gasteiger partial charge in [-0.1, -0.05) is 44.2 Å². The lowest BCUT2D eigenvalue weighted by Crippen LogP contribution is -2.29. The van der Waals surface area contributed by atoms with Crippen molar-refractivity contribution in [3.63, 3.8) is 0 Å². The van der Waals surface area contributed by atoms with Crippen molar-refractivity contribution in [1.82, 2.24) is 5.32 Å². The summed E-state index contributed by atoms with van der Waals surface area (Å²) in [7, 11) is 0. The highest BCUT2D eigenvalue weighted by molar-refractivity contribution is 7.10. The second-order valence-electron chi connectivity index (χ2n) is 5.73. The summed E-state index contributed by atoms with van der Waals surface area (Å²) in [6.07, 6.45) is 1.19. The molecule has 1 unspecified atom stereocenters. The van der Waals surface area contributed by atoms with Gasteiger partial charge in [0, 0.05) is 11.3 Å². The Labute approximate surface area is 136 Å². The Kier molecular flexibility index (Phi) is 6.16. The van der Waals surface area contributed by atoms with E-state index in [2.05, 4.69) is 49.5 Å². The van der Waals surface area contributed by atoms with Crippen molar-refractivity contribution in [3.05, 3.63) is 57.8 Å². The van der Waals surface area contributed by atoms with E-state index >= 15 is 0 Å². The van der Waals surface area contributed by atoms with Crippen LogP contribution in [0.1, 0.15) is 54.7 Å². The number of hydrogen-bond donors (Lipinski definition) is 2. The average molecular weight is 316 g/mol. The van der Waals surface area contributed by atoms with E-state index in [0.717, 1.165) is 16.9 Å². The predicted molar refractivity (Wildman–Crippen MR) is 93.1 cm³/mol. The fraction of sp³-hybridized carbons (Fsp3) is 0.389. The van der Waals surface area contributed by atoms with Gasteiger partial charge in [-0.05, 0) is 41.5 Å². The molecule has 0 saturated heterocycles. The van der Waals surface area contributed by atoms with Crippen LogP contribution in [0.5, 0.6) is 0 Å². The molecule has 2 rings (SSSR count). The Bertz CT molecular complexity index is 576. The molecule has 1 aromatic carbocycles. The highest BCUT2D eigenvalue weighted by Crippen LogP contribution is 2.27. The Hall–Kier alpha value is -1.65. The lowest BCUT2D eigenvalue weighted by atomic mass is 9.98. The summed E-state index contributed by atoms with van der Waals surface area (Å²) in [6.45, 7) is 4.90. The molecule has 1 amide bonds. The first-order valence-electron chi connectivity index (χ1n) is 7.74. The van der Waals surface area contributed by atoms with Crippen LogP contribution in [0.3, 0.4) is 0 Å². The standard InChI is InChI=1S/C18H24N2OS/c1-13(2)14-7-9-15(10-8-14)18(16-5-4-12-22-16)20-17(21)6-3-11-19/h4-5,7-10,12-13,18H,3,6,11,19H2,1-2H3,(H,20,21). The molecular formula is C18H24N2OS. The van der Waals surface area contributed by atoms with E-state index in [1.807, 2.05) is 11.4 Å². The fourth-order valence-electron chi connectivity index (χ4n) is 2.34. The van der Waals surface area contributed by atoms with Gasteiger partial charge >= 0.3 is 0 Å². The Morgan fingerprint density at radius 3 is 2.41 bits per heavy atom. The number of rotatable bonds is 7. The molecule has 118 valence electrons. The maximum Gasteiger partial charge on any atom is 0.220 e. The van der Waals surface area contributed by atoms with Crippen molar-refractivity contribution in [3.8, 4) is 0 Å². The number of amides is 1. The molecule has 0 fully saturated rings. The van der Waals surface area contributed by atoms with Crippen LogP contribution in [0, 0.1) is 0 Å². The molecule has 2 aromatic rings. The van der Waals surface area contributed by atoms with Gasteiger partial charge in [-0.3, -0.25) is 4.79 Å². The summed E-state index contributed by atoms with van der Waals surface area (Å²) in [5, 5.41) is 5.17. The second kappa shape index (κ2) is 8.11. The molecule has 22 heavy (non-hydrogen) atoms. The lowest BCUT2D eigenvalue weighted by molar-refractivity contribution is -0.121. The van der Waals surface area contributed by atoms with E-state index in [0.29, 0.717) is 18.9 Å². The minimum atomic E-state index is -0.0773. The molecule has 1 aromatic heterocycles. The number of hydrogen-bond acceptors (Lipinski definition) is 3. The molecule has 0 aliphatic carbocycles. The van der Waals surface area contributed by atoms with Crippen LogP contribution >= 0.6 is 11.3 Å². The molecule has 0 spiro atoms. The van der Waals surface area contributed by atoms with E-state index in [1.165, 1.54) is 5.56 Å². The fourth-order valence-corrected chi connectivity index (χ4v) is 3.15. The van der Waals surface area contributed by atoms with Gasteiger partial charge in [-0.25, -0.2) is 0 Å². The summed E-state index contributed by atoms with van der Waals surface area (Å²) in [6, 6.07) is 12.5. The molecule has 0 saturated carbocycles. The topological polar surface area (TPSA) is 55.1 Å². The third kappa shape index (κ3) is 4.42. The SMILES string of the molecule is CC(C)c1ccc(C(NC(=O)CCCN)c2cccs2)cc1. The van der Waals surface area contributed by atoms with E-state index in [4.69, 9.17) is 5.73 Å². The highest BCUT2D eigenvalue weighted by atomic mass is 32.1. The third-order valence-electron chi connectivity index (χ3n) is 3.68. The van der Waals surface area contributed by atoms with Crippen molar-refractivity contribution in [2.45, 2.75) is 38.6 Å². The van der Waals surface area contributed by atoms with Crippen LogP contribution in [-0.2, 0) is 4.79 Å². The highest BCUT2D eigenvalue weighted by Gasteiger charge is 2.17. The molecule has 1 heterocycles. The predicted octanol–water partition coefficient (Wildman–Crippen LogP) is 3.82. The quantitative estimate of drug-likeness (QED) is 0.816. The number of benzene rings is 1. The molecule has 1 atom stereocenters. The van der Waals surface area contributed by atoms with Crippen LogP contribution in [0.15, 0.2) is 41.8 Å². The maximum absolute atomic E-state index is 12.1. The monoisotopic (exact) mass is 316 g/mol. The van der Waals surface area contributed by atoms with Crippen LogP contribution in [0.2, 0.25) is 0 Å². The van der Waals surface area contributed by atoms with Gasteiger partial charge in [-0.2, -0.15) is 0 Å². The van der Waals surface area contributed by atoms with Crippen LogP contribution in [0.4, 0.5) is 0 Å². The Morgan fingerprint density at radius 1 is 1.18 bits per heavy atom. The van der Waals surface area contributed by atoms with E-state index in [1.54, 1.807) is 11.3 Å². The normalized spacial score (nSPS) is 12.4. The molecule has 3 nitrogen and oxygen atoms in total. The smallest absolute Gasteiger partial charge is 0.220 e. The number of nitrogens with two attached hydrogens (primary N) is 1. The van der Waals surface area contributed by atoms with E-state index < -0.39 is 0 Å². The van der Waals surface area contributed by atoms with Gasteiger partial charge in [0.15, 0.2) is 0 Å². The van der Waals surface area contributed by atoms with Crippen molar-refractivity contribution < 1.29 is 4.79 Å². The minimum Gasteiger partial charge on any atom is -0.344 e. The largest absolute Gasteiger partial charge is 0.344 e. The van der Waals surface area contributed by atoms with Crippen LogP contribution in [-0.4, -0.2) is 12.5 Å². The minimum absolute atomic E-state index is 0.0526. The molecule has 3 N–H and O–H groups in total. The summed E-state index contributed by atoms with van der Waals surface area (Å²) < 4.78 is 0. The van der Waals surface area contributed by atoms with Crippen molar-refractivity contribution in [2.24, 2.45) is 5.73 Å². The number of carbonyl (C=O) groups excluding carboxylic acids is 1. The summed E-state index contributed by atoms with van der Waals surface area (Å²) in [5.74, 6) is 0.560. The molecular weight excluding hydrogens is 292 g/mol. The maximum atomic E-state index is 12.1. The molecule has 0 bridgehead atoms. The zero-order valence-electron chi connectivity index (χ0n) is 13.2. The number of nitrogens with one attached hydrogen (secondary N) is 1. The van der Waals surface area contributed by atoms with Gasteiger partial charge in [0.05, 0.1) is 6.04 Å². The van der Waals surface area contributed by atoms with E-state index in [-0.39, 0.29) is 11.9 Å².